The molecule has 1 amide bonds. The molecule has 0 saturated heterocycles. The van der Waals surface area contributed by atoms with Crippen molar-refractivity contribution in [1.82, 2.24) is 29.5 Å². The second kappa shape index (κ2) is 9.33. The molecule has 0 atom stereocenters. The lowest BCUT2D eigenvalue weighted by molar-refractivity contribution is -0.140. The van der Waals surface area contributed by atoms with Crippen LogP contribution in [-0.2, 0) is 31.1 Å². The summed E-state index contributed by atoms with van der Waals surface area (Å²) in [5, 5.41) is 0. The van der Waals surface area contributed by atoms with Gasteiger partial charge >= 0.3 is 12.3 Å². The van der Waals surface area contributed by atoms with Gasteiger partial charge in [0, 0.05) is 30.9 Å². The van der Waals surface area contributed by atoms with Crippen LogP contribution in [0.4, 0.5) is 23.8 Å². The van der Waals surface area contributed by atoms with Crippen LogP contribution in [0, 0.1) is 0 Å². The molecule has 13 heteroatoms. The second-order valence-electron chi connectivity index (χ2n) is 9.36. The van der Waals surface area contributed by atoms with E-state index in [1.54, 1.807) is 30.5 Å². The van der Waals surface area contributed by atoms with Crippen LogP contribution in [0.2, 0.25) is 0 Å². The van der Waals surface area contributed by atoms with Gasteiger partial charge in [-0.25, -0.2) is 29.7 Å². The zero-order valence-corrected chi connectivity index (χ0v) is 20.9. The van der Waals surface area contributed by atoms with E-state index in [2.05, 4.69) is 19.9 Å². The number of fused-ring (bicyclic) bond motifs is 1. The largest absolute Gasteiger partial charge is 0.480 e. The number of anilines is 1. The van der Waals surface area contributed by atoms with Crippen LogP contribution in [0.25, 0.3) is 22.8 Å². The number of hydrogen-bond donors (Lipinski definition) is 0. The van der Waals surface area contributed by atoms with Crippen LogP contribution >= 0.6 is 0 Å². The number of carbonyl (C=O) groups is 1. The zero-order valence-electron chi connectivity index (χ0n) is 20.9. The molecule has 39 heavy (non-hydrogen) atoms. The predicted octanol–water partition coefficient (Wildman–Crippen LogP) is 4.90. The molecule has 200 valence electrons. The Bertz CT molecular complexity index is 1570. The molecule has 0 unspecified atom stereocenters. The molecule has 3 aromatic heterocycles. The van der Waals surface area contributed by atoms with Gasteiger partial charge in [-0.1, -0.05) is 24.3 Å². The number of methoxy groups -OCH3 is 1. The number of ether oxygens (including phenoxy) is 2. The SMILES string of the molecule is COc1ncnc(C2CC2)c1-c1ncc2c(n1)N(Cc1ccc(-c3nc(C(F)(F)F)cn3C)cc1)C(=O)OC2. The van der Waals surface area contributed by atoms with E-state index in [1.807, 2.05) is 0 Å². The van der Waals surface area contributed by atoms with Gasteiger partial charge in [-0.15, -0.1) is 0 Å². The van der Waals surface area contributed by atoms with E-state index in [9.17, 15) is 18.0 Å². The summed E-state index contributed by atoms with van der Waals surface area (Å²) in [7, 11) is 3.02. The number of benzene rings is 1. The van der Waals surface area contributed by atoms with Crippen molar-refractivity contribution in [2.75, 3.05) is 12.0 Å². The first-order chi connectivity index (χ1) is 18.7. The Morgan fingerprint density at radius 2 is 1.87 bits per heavy atom. The van der Waals surface area contributed by atoms with E-state index in [0.29, 0.717) is 39.8 Å². The highest BCUT2D eigenvalue weighted by atomic mass is 19.4. The van der Waals surface area contributed by atoms with E-state index in [4.69, 9.17) is 14.5 Å². The van der Waals surface area contributed by atoms with Gasteiger partial charge in [0.05, 0.1) is 24.9 Å². The fourth-order valence-electron chi connectivity index (χ4n) is 4.52. The van der Waals surface area contributed by atoms with Crippen molar-refractivity contribution in [2.45, 2.75) is 38.1 Å². The smallest absolute Gasteiger partial charge is 0.434 e. The Morgan fingerprint density at radius 1 is 1.10 bits per heavy atom. The summed E-state index contributed by atoms with van der Waals surface area (Å²) in [4.78, 5) is 35.9. The van der Waals surface area contributed by atoms with Gasteiger partial charge in [0.1, 0.15) is 30.1 Å². The maximum absolute atomic E-state index is 13.1. The van der Waals surface area contributed by atoms with Crippen molar-refractivity contribution in [2.24, 2.45) is 7.05 Å². The van der Waals surface area contributed by atoms with Gasteiger partial charge < -0.3 is 14.0 Å². The Balaban J connectivity index is 1.31. The van der Waals surface area contributed by atoms with Crippen molar-refractivity contribution < 1.29 is 27.4 Å². The third-order valence-corrected chi connectivity index (χ3v) is 6.61. The molecule has 1 saturated carbocycles. The lowest BCUT2D eigenvalue weighted by Gasteiger charge is -2.28. The molecular weight excluding hydrogens is 515 g/mol. The van der Waals surface area contributed by atoms with Crippen molar-refractivity contribution >= 4 is 11.9 Å². The van der Waals surface area contributed by atoms with Crippen molar-refractivity contribution in [3.8, 4) is 28.7 Å². The van der Waals surface area contributed by atoms with Crippen LogP contribution in [0.3, 0.4) is 0 Å². The lowest BCUT2D eigenvalue weighted by Crippen LogP contribution is -2.36. The van der Waals surface area contributed by atoms with E-state index in [1.165, 1.54) is 30.0 Å². The molecule has 4 aromatic rings. The number of imidazole rings is 1. The molecule has 0 N–H and O–H groups in total. The summed E-state index contributed by atoms with van der Waals surface area (Å²) in [6.45, 7) is 0.150. The molecule has 1 fully saturated rings. The summed E-state index contributed by atoms with van der Waals surface area (Å²) in [6, 6.07) is 6.77. The highest BCUT2D eigenvalue weighted by Gasteiger charge is 2.35. The standard InChI is InChI=1S/C26H22F3N7O3/c1-35-11-18(26(27,28)29)33-22(35)16-5-3-14(4-6-16)10-36-23-17(12-39-25(36)37)9-30-21(34-23)19-20(15-7-8-15)31-13-32-24(19)38-2/h3-6,9,11,13,15H,7-8,10,12H2,1-2H3. The van der Waals surface area contributed by atoms with Gasteiger partial charge in [0.25, 0.3) is 0 Å². The molecule has 10 nitrogen and oxygen atoms in total. The van der Waals surface area contributed by atoms with E-state index >= 15 is 0 Å². The molecule has 1 aliphatic heterocycles. The molecule has 6 rings (SSSR count). The van der Waals surface area contributed by atoms with E-state index in [0.717, 1.165) is 24.7 Å². The topological polar surface area (TPSA) is 108 Å². The first-order valence-electron chi connectivity index (χ1n) is 12.1. The number of cyclic esters (lactones) is 1. The fourth-order valence-corrected chi connectivity index (χ4v) is 4.52. The van der Waals surface area contributed by atoms with Crippen LogP contribution in [-0.4, -0.2) is 42.7 Å². The minimum atomic E-state index is -4.53. The predicted molar refractivity (Wildman–Crippen MR) is 132 cm³/mol. The average molecular weight is 538 g/mol. The molecule has 1 aromatic carbocycles. The van der Waals surface area contributed by atoms with E-state index < -0.39 is 18.0 Å². The summed E-state index contributed by atoms with van der Waals surface area (Å²) in [5.74, 6) is 1.56. The monoisotopic (exact) mass is 537 g/mol. The zero-order chi connectivity index (χ0) is 27.3. The second-order valence-corrected chi connectivity index (χ2v) is 9.36. The Morgan fingerprint density at radius 3 is 2.54 bits per heavy atom. The third-order valence-electron chi connectivity index (χ3n) is 6.61. The number of hydrogen-bond acceptors (Lipinski definition) is 8. The van der Waals surface area contributed by atoms with Gasteiger partial charge in [0.2, 0.25) is 5.88 Å². The summed E-state index contributed by atoms with van der Waals surface area (Å²) >= 11 is 0. The number of nitrogens with zero attached hydrogens (tertiary/aromatic N) is 7. The molecule has 0 spiro atoms. The lowest BCUT2D eigenvalue weighted by atomic mass is 10.1. The summed E-state index contributed by atoms with van der Waals surface area (Å²) < 4.78 is 51.4. The minimum Gasteiger partial charge on any atom is -0.480 e. The third kappa shape index (κ3) is 4.64. The molecular formula is C26H22F3N7O3. The molecule has 2 aliphatic rings. The van der Waals surface area contributed by atoms with Crippen molar-refractivity contribution in [3.05, 3.63) is 65.5 Å². The average Bonchev–Trinajstić information content (AvgIpc) is 3.70. The molecule has 4 heterocycles. The fraction of sp³-hybridized carbons (Fsp3) is 0.308. The van der Waals surface area contributed by atoms with Crippen LogP contribution in [0.1, 0.15) is 41.3 Å². The van der Waals surface area contributed by atoms with E-state index in [-0.39, 0.29) is 24.9 Å². The number of carbonyl (C=O) groups excluding carboxylic acids is 1. The van der Waals surface area contributed by atoms with Crippen LogP contribution in [0.5, 0.6) is 5.88 Å². The Kier molecular flexibility index (Phi) is 5.92. The summed E-state index contributed by atoms with van der Waals surface area (Å²) in [5.41, 5.74) is 2.30. The van der Waals surface area contributed by atoms with Crippen LogP contribution in [0.15, 0.2) is 43.0 Å². The maximum atomic E-state index is 13.1. The Hall–Kier alpha value is -4.55. The number of rotatable bonds is 6. The van der Waals surface area contributed by atoms with Crippen LogP contribution < -0.4 is 9.64 Å². The first kappa shape index (κ1) is 24.8. The number of aromatic nitrogens is 6. The van der Waals surface area contributed by atoms with Crippen molar-refractivity contribution in [3.63, 3.8) is 0 Å². The summed E-state index contributed by atoms with van der Waals surface area (Å²) in [6.07, 6.45) is 0.912. The molecule has 0 radical (unpaired) electrons. The minimum absolute atomic E-state index is 0.0302. The van der Waals surface area contributed by atoms with Crippen molar-refractivity contribution in [1.29, 1.82) is 0 Å². The van der Waals surface area contributed by atoms with Gasteiger partial charge in [-0.3, -0.25) is 4.90 Å². The highest BCUT2D eigenvalue weighted by molar-refractivity contribution is 5.89. The number of halogens is 3. The number of alkyl halides is 3. The number of aryl methyl sites for hydroxylation is 1. The number of amides is 1. The van der Waals surface area contributed by atoms with Gasteiger partial charge in [-0.2, -0.15) is 13.2 Å². The van der Waals surface area contributed by atoms with Gasteiger partial charge in [-0.05, 0) is 18.4 Å². The highest BCUT2D eigenvalue weighted by Crippen LogP contribution is 2.45. The molecule has 0 bridgehead atoms. The van der Waals surface area contributed by atoms with Gasteiger partial charge in [0.15, 0.2) is 11.5 Å². The normalized spacial score (nSPS) is 15.2. The molecule has 1 aliphatic carbocycles. The Labute approximate surface area is 220 Å². The quantitative estimate of drug-likeness (QED) is 0.342. The first-order valence-corrected chi connectivity index (χ1v) is 12.1. The maximum Gasteiger partial charge on any atom is 0.434 e.